The van der Waals surface area contributed by atoms with Crippen LogP contribution in [0.1, 0.15) is 26.3 Å². The van der Waals surface area contributed by atoms with Gasteiger partial charge in [-0.2, -0.15) is 0 Å². The van der Waals surface area contributed by atoms with Gasteiger partial charge in [0.25, 0.3) is 11.5 Å². The minimum atomic E-state index is -0.468. The fraction of sp³-hybridized carbons (Fsp3) is 0.0417. The lowest BCUT2D eigenvalue weighted by atomic mass is 10.0. The van der Waals surface area contributed by atoms with Crippen molar-refractivity contribution in [2.45, 2.75) is 0 Å². The lowest BCUT2D eigenvalue weighted by molar-refractivity contribution is 0.102. The first kappa shape index (κ1) is 20.7. The van der Waals surface area contributed by atoms with E-state index in [1.807, 2.05) is 6.07 Å². The predicted octanol–water partition coefficient (Wildman–Crippen LogP) is 3.36. The molecule has 3 N–H and O–H groups in total. The molecule has 4 aromatic rings. The van der Waals surface area contributed by atoms with Crippen LogP contribution in [0.4, 0.5) is 11.6 Å². The van der Waals surface area contributed by atoms with Gasteiger partial charge in [-0.15, -0.1) is 0 Å². The van der Waals surface area contributed by atoms with E-state index in [0.717, 1.165) is 0 Å². The highest BCUT2D eigenvalue weighted by molar-refractivity contribution is 6.10. The quantitative estimate of drug-likeness (QED) is 0.408. The Bertz CT molecular complexity index is 1330. The summed E-state index contributed by atoms with van der Waals surface area (Å²) in [6.07, 6.45) is 3.11. The maximum Gasteiger partial charge on any atom is 0.271 e. The third kappa shape index (κ3) is 4.44. The summed E-state index contributed by atoms with van der Waals surface area (Å²) in [6.45, 7) is 0. The van der Waals surface area contributed by atoms with Gasteiger partial charge < -0.3 is 15.6 Å². The van der Waals surface area contributed by atoms with Gasteiger partial charge in [-0.25, -0.2) is 9.97 Å². The van der Waals surface area contributed by atoms with E-state index in [1.54, 1.807) is 73.9 Å². The molecule has 2 aromatic heterocycles. The van der Waals surface area contributed by atoms with Crippen molar-refractivity contribution in [2.75, 3.05) is 17.7 Å². The maximum atomic E-state index is 12.7. The number of nitrogens with one attached hydrogen (secondary N) is 3. The molecule has 158 valence electrons. The number of nitrogens with zero attached hydrogens (tertiary/aromatic N) is 2. The standard InChI is InChI=1S/C24H19N5O3/c1-25-24-26-12-11-19(29-24)18-13-20(23(32)27-14-18)28-22(31)17-9-7-16(8-10-17)21(30)15-5-3-2-4-6-15/h2-14H,1H3,(H,27,32)(H,28,31)(H,25,26,29). The van der Waals surface area contributed by atoms with Gasteiger partial charge in [0.2, 0.25) is 5.95 Å². The number of benzene rings is 2. The number of carbonyl (C=O) groups is 2. The van der Waals surface area contributed by atoms with Crippen molar-refractivity contribution in [1.82, 2.24) is 15.0 Å². The monoisotopic (exact) mass is 425 g/mol. The van der Waals surface area contributed by atoms with Gasteiger partial charge in [-0.05, 0) is 24.3 Å². The molecule has 0 radical (unpaired) electrons. The normalized spacial score (nSPS) is 10.4. The Kier molecular flexibility index (Phi) is 5.85. The summed E-state index contributed by atoms with van der Waals surface area (Å²) < 4.78 is 0. The second-order valence-electron chi connectivity index (χ2n) is 6.87. The number of aromatic amines is 1. The van der Waals surface area contributed by atoms with Crippen LogP contribution in [0.25, 0.3) is 11.3 Å². The number of rotatable bonds is 6. The third-order valence-corrected chi connectivity index (χ3v) is 4.77. The van der Waals surface area contributed by atoms with Crippen LogP contribution >= 0.6 is 0 Å². The molecule has 0 saturated carbocycles. The number of pyridine rings is 1. The lowest BCUT2D eigenvalue weighted by Crippen LogP contribution is -2.20. The Morgan fingerprint density at radius 3 is 2.31 bits per heavy atom. The molecule has 0 aliphatic heterocycles. The van der Waals surface area contributed by atoms with Crippen LogP contribution in [-0.4, -0.2) is 33.7 Å². The highest BCUT2D eigenvalue weighted by Gasteiger charge is 2.13. The SMILES string of the molecule is CNc1nccc(-c2c[nH]c(=O)c(NC(=O)c3ccc(C(=O)c4ccccc4)cc3)c2)n1. The van der Waals surface area contributed by atoms with Gasteiger partial charge in [0.05, 0.1) is 5.69 Å². The van der Waals surface area contributed by atoms with Crippen molar-refractivity contribution in [3.8, 4) is 11.3 Å². The summed E-state index contributed by atoms with van der Waals surface area (Å²) in [4.78, 5) is 48.4. The molecule has 4 rings (SSSR count). The molecule has 32 heavy (non-hydrogen) atoms. The van der Waals surface area contributed by atoms with Crippen LogP contribution in [0.3, 0.4) is 0 Å². The van der Waals surface area contributed by atoms with E-state index in [9.17, 15) is 14.4 Å². The van der Waals surface area contributed by atoms with Gasteiger partial charge in [-0.1, -0.05) is 42.5 Å². The Balaban J connectivity index is 1.54. The molecule has 0 spiro atoms. The minimum Gasteiger partial charge on any atom is -0.357 e. The smallest absolute Gasteiger partial charge is 0.271 e. The Hall–Kier alpha value is -4.59. The lowest BCUT2D eigenvalue weighted by Gasteiger charge is -2.08. The zero-order valence-electron chi connectivity index (χ0n) is 17.1. The topological polar surface area (TPSA) is 117 Å². The van der Waals surface area contributed by atoms with Crippen LogP contribution in [0, 0.1) is 0 Å². The van der Waals surface area contributed by atoms with E-state index in [1.165, 1.54) is 6.20 Å². The summed E-state index contributed by atoms with van der Waals surface area (Å²) in [7, 11) is 1.70. The third-order valence-electron chi connectivity index (χ3n) is 4.77. The molecule has 8 heteroatoms. The van der Waals surface area contributed by atoms with E-state index in [-0.39, 0.29) is 11.5 Å². The first-order valence-corrected chi connectivity index (χ1v) is 9.80. The van der Waals surface area contributed by atoms with Gasteiger partial charge >= 0.3 is 0 Å². The van der Waals surface area contributed by atoms with Crippen molar-refractivity contribution in [2.24, 2.45) is 0 Å². The molecule has 0 bridgehead atoms. The van der Waals surface area contributed by atoms with Crippen molar-refractivity contribution in [3.63, 3.8) is 0 Å². The summed E-state index contributed by atoms with van der Waals surface area (Å²) in [5, 5.41) is 5.47. The first-order chi connectivity index (χ1) is 15.5. The number of anilines is 2. The van der Waals surface area contributed by atoms with Crippen LogP contribution in [-0.2, 0) is 0 Å². The minimum absolute atomic E-state index is 0.0848. The van der Waals surface area contributed by atoms with E-state index in [4.69, 9.17) is 0 Å². The fourth-order valence-corrected chi connectivity index (χ4v) is 3.09. The number of H-pyrrole nitrogens is 1. The van der Waals surface area contributed by atoms with Gasteiger partial charge in [0.1, 0.15) is 5.69 Å². The second-order valence-corrected chi connectivity index (χ2v) is 6.87. The van der Waals surface area contributed by atoms with Gasteiger partial charge in [-0.3, -0.25) is 14.4 Å². The predicted molar refractivity (Wildman–Crippen MR) is 122 cm³/mol. The highest BCUT2D eigenvalue weighted by atomic mass is 16.2. The Labute approximate surface area is 183 Å². The van der Waals surface area contributed by atoms with Crippen molar-refractivity contribution in [3.05, 3.63) is 106 Å². The molecule has 2 aromatic carbocycles. The van der Waals surface area contributed by atoms with Gasteiger partial charge in [0, 0.05) is 41.7 Å². The Morgan fingerprint density at radius 2 is 1.59 bits per heavy atom. The van der Waals surface area contributed by atoms with Crippen molar-refractivity contribution < 1.29 is 9.59 Å². The number of hydrogen-bond donors (Lipinski definition) is 3. The van der Waals surface area contributed by atoms with E-state index in [0.29, 0.717) is 33.9 Å². The largest absolute Gasteiger partial charge is 0.357 e. The molecule has 0 saturated heterocycles. The van der Waals surface area contributed by atoms with E-state index < -0.39 is 11.5 Å². The zero-order chi connectivity index (χ0) is 22.5. The van der Waals surface area contributed by atoms with Crippen molar-refractivity contribution >= 4 is 23.3 Å². The molecule has 2 heterocycles. The molecule has 1 amide bonds. The molecular weight excluding hydrogens is 406 g/mol. The molecule has 0 atom stereocenters. The number of ketones is 1. The number of hydrogen-bond acceptors (Lipinski definition) is 6. The molecule has 0 aliphatic rings. The molecule has 0 fully saturated rings. The second kappa shape index (κ2) is 9.05. The summed E-state index contributed by atoms with van der Waals surface area (Å²) in [6, 6.07) is 18.4. The number of amides is 1. The number of carbonyl (C=O) groups excluding carboxylic acids is 2. The van der Waals surface area contributed by atoms with Crippen LogP contribution in [0.15, 0.2) is 83.9 Å². The van der Waals surface area contributed by atoms with E-state index >= 15 is 0 Å². The summed E-state index contributed by atoms with van der Waals surface area (Å²) in [5.41, 5.74) is 2.19. The van der Waals surface area contributed by atoms with Crippen LogP contribution < -0.4 is 16.2 Å². The molecular formula is C24H19N5O3. The average Bonchev–Trinajstić information content (AvgIpc) is 2.85. The Morgan fingerprint density at radius 1 is 0.906 bits per heavy atom. The van der Waals surface area contributed by atoms with Crippen molar-refractivity contribution in [1.29, 1.82) is 0 Å². The molecule has 0 unspecified atom stereocenters. The molecule has 8 nitrogen and oxygen atoms in total. The van der Waals surface area contributed by atoms with E-state index in [2.05, 4.69) is 25.6 Å². The zero-order valence-corrected chi connectivity index (χ0v) is 17.1. The maximum absolute atomic E-state index is 12.7. The van der Waals surface area contributed by atoms with Crippen LogP contribution in [0.5, 0.6) is 0 Å². The highest BCUT2D eigenvalue weighted by Crippen LogP contribution is 2.19. The summed E-state index contributed by atoms with van der Waals surface area (Å²) >= 11 is 0. The molecule has 0 aliphatic carbocycles. The van der Waals surface area contributed by atoms with Gasteiger partial charge in [0.15, 0.2) is 5.78 Å². The number of aromatic nitrogens is 3. The summed E-state index contributed by atoms with van der Waals surface area (Å²) in [5.74, 6) is -0.165. The van der Waals surface area contributed by atoms with Crippen LogP contribution in [0.2, 0.25) is 0 Å². The first-order valence-electron chi connectivity index (χ1n) is 9.80. The fourth-order valence-electron chi connectivity index (χ4n) is 3.09. The average molecular weight is 425 g/mol.